The molecule has 3 heterocycles. The maximum atomic E-state index is 12.2. The maximum absolute atomic E-state index is 12.2. The molecular formula is C19H18N6OS. The fourth-order valence-electron chi connectivity index (χ4n) is 2.64. The first-order chi connectivity index (χ1) is 13.2. The van der Waals surface area contributed by atoms with Gasteiger partial charge in [0, 0.05) is 12.4 Å². The van der Waals surface area contributed by atoms with Crippen LogP contribution in [-0.4, -0.2) is 36.4 Å². The summed E-state index contributed by atoms with van der Waals surface area (Å²) in [5, 5.41) is 7.08. The van der Waals surface area contributed by atoms with Gasteiger partial charge in [-0.15, -0.1) is 11.8 Å². The Hall–Kier alpha value is -3.13. The molecule has 1 atom stereocenters. The van der Waals surface area contributed by atoms with Crippen molar-refractivity contribution in [3.8, 4) is 5.82 Å². The van der Waals surface area contributed by atoms with E-state index in [-0.39, 0.29) is 11.2 Å². The van der Waals surface area contributed by atoms with Crippen LogP contribution in [0.3, 0.4) is 0 Å². The van der Waals surface area contributed by atoms with Crippen LogP contribution in [-0.2, 0) is 4.79 Å². The summed E-state index contributed by atoms with van der Waals surface area (Å²) in [4.78, 5) is 24.4. The van der Waals surface area contributed by atoms with Gasteiger partial charge in [-0.1, -0.05) is 12.1 Å². The molecule has 4 aromatic rings. The predicted molar refractivity (Wildman–Crippen MR) is 107 cm³/mol. The molecular weight excluding hydrogens is 360 g/mol. The van der Waals surface area contributed by atoms with E-state index in [0.717, 1.165) is 16.9 Å². The van der Waals surface area contributed by atoms with Crippen LogP contribution < -0.4 is 5.32 Å². The highest BCUT2D eigenvalue weighted by molar-refractivity contribution is 8.00. The Morgan fingerprint density at radius 2 is 2.15 bits per heavy atom. The molecule has 0 saturated heterocycles. The van der Waals surface area contributed by atoms with Crippen molar-refractivity contribution in [1.82, 2.24) is 24.7 Å². The number of carbonyl (C=O) groups is 1. The van der Waals surface area contributed by atoms with Crippen LogP contribution >= 0.6 is 11.8 Å². The molecule has 1 aromatic carbocycles. The summed E-state index contributed by atoms with van der Waals surface area (Å²) in [7, 11) is 0. The number of hydrogen-bond donors (Lipinski definition) is 2. The Kier molecular flexibility index (Phi) is 4.88. The molecule has 0 radical (unpaired) electrons. The second kappa shape index (κ2) is 7.63. The molecule has 4 rings (SSSR count). The number of thioether (sulfide) groups is 1. The van der Waals surface area contributed by atoms with Gasteiger partial charge in [0.1, 0.15) is 5.82 Å². The third kappa shape index (κ3) is 4.01. The van der Waals surface area contributed by atoms with Gasteiger partial charge in [-0.2, -0.15) is 5.10 Å². The smallest absolute Gasteiger partial charge is 0.234 e. The number of rotatable bonds is 6. The molecule has 0 fully saturated rings. The van der Waals surface area contributed by atoms with Gasteiger partial charge >= 0.3 is 0 Å². The number of nitrogens with zero attached hydrogens (tertiary/aromatic N) is 4. The van der Waals surface area contributed by atoms with Crippen molar-refractivity contribution in [2.75, 3.05) is 11.1 Å². The maximum Gasteiger partial charge on any atom is 0.234 e. The molecule has 8 heteroatoms. The number of aromatic amines is 1. The summed E-state index contributed by atoms with van der Waals surface area (Å²) in [6.45, 7) is 2.04. The van der Waals surface area contributed by atoms with E-state index in [2.05, 4.69) is 25.4 Å². The fourth-order valence-corrected chi connectivity index (χ4v) is 3.38. The molecule has 1 amide bonds. The van der Waals surface area contributed by atoms with Crippen molar-refractivity contribution in [3.63, 3.8) is 0 Å². The van der Waals surface area contributed by atoms with E-state index in [1.165, 1.54) is 11.8 Å². The van der Waals surface area contributed by atoms with E-state index in [1.54, 1.807) is 17.1 Å². The molecule has 0 aliphatic heterocycles. The lowest BCUT2D eigenvalue weighted by atomic mass is 10.3. The fraction of sp³-hybridized carbons (Fsp3) is 0.158. The quantitative estimate of drug-likeness (QED) is 0.535. The predicted octanol–water partition coefficient (Wildman–Crippen LogP) is 3.58. The zero-order valence-corrected chi connectivity index (χ0v) is 15.5. The van der Waals surface area contributed by atoms with Crippen LogP contribution in [0.25, 0.3) is 16.9 Å². The summed E-state index contributed by atoms with van der Waals surface area (Å²) in [5.41, 5.74) is 2.60. The van der Waals surface area contributed by atoms with E-state index in [9.17, 15) is 4.79 Å². The lowest BCUT2D eigenvalue weighted by molar-refractivity contribution is -0.113. The molecule has 0 unspecified atom stereocenters. The summed E-state index contributed by atoms with van der Waals surface area (Å²) >= 11 is 1.53. The second-order valence-corrected chi connectivity index (χ2v) is 7.33. The summed E-state index contributed by atoms with van der Waals surface area (Å²) in [6, 6.07) is 13.4. The molecule has 2 N–H and O–H groups in total. The van der Waals surface area contributed by atoms with Crippen molar-refractivity contribution in [1.29, 1.82) is 0 Å². The number of anilines is 1. The summed E-state index contributed by atoms with van der Waals surface area (Å²) in [6.07, 6.45) is 5.14. The molecule has 3 aromatic heterocycles. The van der Waals surface area contributed by atoms with Crippen molar-refractivity contribution in [2.45, 2.75) is 12.2 Å². The van der Waals surface area contributed by atoms with Gasteiger partial charge in [0.25, 0.3) is 0 Å². The van der Waals surface area contributed by atoms with Gasteiger partial charge in [-0.3, -0.25) is 4.79 Å². The molecule has 0 saturated carbocycles. The van der Waals surface area contributed by atoms with E-state index in [4.69, 9.17) is 0 Å². The number of hydrogen-bond acceptors (Lipinski definition) is 5. The number of nitrogens with one attached hydrogen (secondary N) is 2. The number of aromatic nitrogens is 5. The molecule has 0 spiro atoms. The number of benzene rings is 1. The first kappa shape index (κ1) is 17.3. The number of carbonyl (C=O) groups excluding carboxylic acids is 1. The first-order valence-corrected chi connectivity index (χ1v) is 9.56. The Morgan fingerprint density at radius 3 is 2.89 bits per heavy atom. The third-order valence-electron chi connectivity index (χ3n) is 4.03. The number of amides is 1. The SMILES string of the molecule is C[C@@H](SCC(=O)Nc1ccc(-n2cccn2)nc1)c1nc2ccccc2[nH]1. The minimum atomic E-state index is -0.0726. The average molecular weight is 378 g/mol. The highest BCUT2D eigenvalue weighted by Gasteiger charge is 2.13. The van der Waals surface area contributed by atoms with Crippen molar-refractivity contribution in [3.05, 3.63) is 66.9 Å². The van der Waals surface area contributed by atoms with Crippen LogP contribution in [0.4, 0.5) is 5.69 Å². The van der Waals surface area contributed by atoms with E-state index >= 15 is 0 Å². The zero-order chi connectivity index (χ0) is 18.6. The van der Waals surface area contributed by atoms with Crippen molar-refractivity contribution in [2.24, 2.45) is 0 Å². The number of para-hydroxylation sites is 2. The van der Waals surface area contributed by atoms with Gasteiger partial charge in [-0.05, 0) is 37.3 Å². The van der Waals surface area contributed by atoms with Gasteiger partial charge in [0.2, 0.25) is 5.91 Å². The molecule has 0 aliphatic carbocycles. The Bertz CT molecular complexity index is 1010. The van der Waals surface area contributed by atoms with Crippen LogP contribution in [0, 0.1) is 0 Å². The van der Waals surface area contributed by atoms with Crippen LogP contribution in [0.15, 0.2) is 61.1 Å². The van der Waals surface area contributed by atoms with Crippen LogP contribution in [0.2, 0.25) is 0 Å². The summed E-state index contributed by atoms with van der Waals surface area (Å²) in [5.74, 6) is 1.83. The highest BCUT2D eigenvalue weighted by Crippen LogP contribution is 2.27. The number of pyridine rings is 1. The van der Waals surface area contributed by atoms with Crippen molar-refractivity contribution >= 4 is 34.4 Å². The lowest BCUT2D eigenvalue weighted by Gasteiger charge is -2.09. The van der Waals surface area contributed by atoms with Crippen LogP contribution in [0.5, 0.6) is 0 Å². The van der Waals surface area contributed by atoms with Gasteiger partial charge in [0.15, 0.2) is 5.82 Å². The minimum absolute atomic E-state index is 0.0726. The monoisotopic (exact) mass is 378 g/mol. The largest absolute Gasteiger partial charge is 0.341 e. The Balaban J connectivity index is 1.32. The molecule has 0 aliphatic rings. The summed E-state index contributed by atoms with van der Waals surface area (Å²) < 4.78 is 1.66. The lowest BCUT2D eigenvalue weighted by Crippen LogP contribution is -2.15. The highest BCUT2D eigenvalue weighted by atomic mass is 32.2. The van der Waals surface area contributed by atoms with Gasteiger partial charge in [0.05, 0.1) is 33.9 Å². The molecule has 0 bridgehead atoms. The number of imidazole rings is 1. The van der Waals surface area contributed by atoms with Gasteiger partial charge < -0.3 is 10.3 Å². The van der Waals surface area contributed by atoms with E-state index < -0.39 is 0 Å². The van der Waals surface area contributed by atoms with E-state index in [0.29, 0.717) is 17.3 Å². The molecule has 7 nitrogen and oxygen atoms in total. The topological polar surface area (TPSA) is 88.5 Å². The second-order valence-electron chi connectivity index (χ2n) is 6.00. The van der Waals surface area contributed by atoms with E-state index in [1.807, 2.05) is 55.6 Å². The van der Waals surface area contributed by atoms with Crippen molar-refractivity contribution < 1.29 is 4.79 Å². The molecule has 136 valence electrons. The Morgan fingerprint density at radius 1 is 1.26 bits per heavy atom. The Labute approximate surface area is 160 Å². The third-order valence-corrected chi connectivity index (χ3v) is 5.18. The number of fused-ring (bicyclic) bond motifs is 1. The van der Waals surface area contributed by atoms with Crippen LogP contribution in [0.1, 0.15) is 18.0 Å². The standard InChI is InChI=1S/C19H18N6OS/c1-13(19-23-15-5-2-3-6-16(15)24-19)27-12-18(26)22-14-7-8-17(20-11-14)25-10-4-9-21-25/h2-11,13H,12H2,1H3,(H,22,26)(H,23,24)/t13-/m1/s1. The molecule has 27 heavy (non-hydrogen) atoms. The number of H-pyrrole nitrogens is 1. The zero-order valence-electron chi connectivity index (χ0n) is 14.7. The average Bonchev–Trinajstić information content (AvgIpc) is 3.36. The normalized spacial score (nSPS) is 12.2. The minimum Gasteiger partial charge on any atom is -0.341 e. The van der Waals surface area contributed by atoms with Gasteiger partial charge in [-0.25, -0.2) is 14.6 Å². The first-order valence-electron chi connectivity index (χ1n) is 8.51.